The number of hydrogen-bond donors (Lipinski definition) is 1. The van der Waals surface area contributed by atoms with Gasteiger partial charge in [-0.25, -0.2) is 0 Å². The maximum absolute atomic E-state index is 6.31. The number of rotatable bonds is 11. The molecule has 1 atom stereocenters. The fourth-order valence-electron chi connectivity index (χ4n) is 2.68. The first-order valence-corrected chi connectivity index (χ1v) is 8.65. The van der Waals surface area contributed by atoms with Gasteiger partial charge in [0.15, 0.2) is 0 Å². The summed E-state index contributed by atoms with van der Waals surface area (Å²) in [5, 5.41) is 4.46. The van der Waals surface area contributed by atoms with Crippen LogP contribution < -0.4 is 5.32 Å². The molecule has 0 saturated heterocycles. The van der Waals surface area contributed by atoms with Crippen molar-refractivity contribution < 1.29 is 0 Å². The molecule has 0 amide bonds. The zero-order chi connectivity index (χ0) is 14.6. The van der Waals surface area contributed by atoms with Gasteiger partial charge in [0, 0.05) is 11.1 Å². The molecular weight excluding hydrogens is 266 g/mol. The van der Waals surface area contributed by atoms with Crippen LogP contribution in [0.1, 0.15) is 76.8 Å². The summed E-state index contributed by atoms with van der Waals surface area (Å²) in [6.45, 7) is 5.42. The Morgan fingerprint density at radius 3 is 2.25 bits per heavy atom. The predicted octanol–water partition coefficient (Wildman–Crippen LogP) is 6.13. The van der Waals surface area contributed by atoms with Gasteiger partial charge < -0.3 is 5.32 Å². The molecule has 0 spiro atoms. The monoisotopic (exact) mass is 295 g/mol. The van der Waals surface area contributed by atoms with Gasteiger partial charge in [-0.05, 0) is 24.6 Å². The van der Waals surface area contributed by atoms with Crippen LogP contribution in [0.2, 0.25) is 5.02 Å². The second-order valence-corrected chi connectivity index (χ2v) is 5.95. The van der Waals surface area contributed by atoms with Crippen LogP contribution in [0.15, 0.2) is 24.3 Å². The summed E-state index contributed by atoms with van der Waals surface area (Å²) in [5.74, 6) is 0. The van der Waals surface area contributed by atoms with E-state index in [9.17, 15) is 0 Å². The average molecular weight is 296 g/mol. The van der Waals surface area contributed by atoms with Crippen LogP contribution in [0.25, 0.3) is 0 Å². The highest BCUT2D eigenvalue weighted by atomic mass is 35.5. The van der Waals surface area contributed by atoms with Crippen molar-refractivity contribution in [1.82, 2.24) is 5.32 Å². The van der Waals surface area contributed by atoms with E-state index in [1.54, 1.807) is 0 Å². The molecule has 0 heterocycles. The first-order chi connectivity index (χ1) is 9.79. The number of hydrogen-bond acceptors (Lipinski definition) is 1. The highest BCUT2D eigenvalue weighted by Gasteiger charge is 2.12. The standard InChI is InChI=1S/C18H30ClN/c1-3-5-6-7-8-9-10-15-18(20-4-2)16-13-11-12-14-17(16)19/h11-14,18,20H,3-10,15H2,1-2H3. The van der Waals surface area contributed by atoms with E-state index >= 15 is 0 Å². The molecule has 1 rings (SSSR count). The molecule has 0 bridgehead atoms. The third kappa shape index (κ3) is 6.76. The first-order valence-electron chi connectivity index (χ1n) is 8.27. The molecule has 0 saturated carbocycles. The molecule has 0 fully saturated rings. The summed E-state index contributed by atoms with van der Waals surface area (Å²) in [6.07, 6.45) is 10.7. The molecule has 1 aromatic rings. The minimum Gasteiger partial charge on any atom is -0.310 e. The van der Waals surface area contributed by atoms with Crippen LogP contribution in [0.5, 0.6) is 0 Å². The van der Waals surface area contributed by atoms with Crippen LogP contribution in [-0.4, -0.2) is 6.54 Å². The summed E-state index contributed by atoms with van der Waals surface area (Å²) < 4.78 is 0. The van der Waals surface area contributed by atoms with Gasteiger partial charge in [0.25, 0.3) is 0 Å². The molecule has 20 heavy (non-hydrogen) atoms. The molecule has 0 aromatic heterocycles. The molecule has 1 nitrogen and oxygen atoms in total. The van der Waals surface area contributed by atoms with E-state index in [-0.39, 0.29) is 0 Å². The Hall–Kier alpha value is -0.530. The second kappa shape index (κ2) is 11.2. The average Bonchev–Trinajstić information content (AvgIpc) is 2.46. The van der Waals surface area contributed by atoms with Crippen molar-refractivity contribution in [3.63, 3.8) is 0 Å². The van der Waals surface area contributed by atoms with Crippen molar-refractivity contribution in [1.29, 1.82) is 0 Å². The lowest BCUT2D eigenvalue weighted by Gasteiger charge is -2.19. The van der Waals surface area contributed by atoms with E-state index in [4.69, 9.17) is 11.6 Å². The number of benzene rings is 1. The maximum atomic E-state index is 6.31. The lowest BCUT2D eigenvalue weighted by molar-refractivity contribution is 0.476. The summed E-state index contributed by atoms with van der Waals surface area (Å²) in [7, 11) is 0. The molecule has 2 heteroatoms. The Labute approximate surface area is 130 Å². The predicted molar refractivity (Wildman–Crippen MR) is 90.5 cm³/mol. The maximum Gasteiger partial charge on any atom is 0.0453 e. The largest absolute Gasteiger partial charge is 0.310 e. The Morgan fingerprint density at radius 2 is 1.60 bits per heavy atom. The van der Waals surface area contributed by atoms with Crippen LogP contribution >= 0.6 is 11.6 Å². The number of nitrogens with one attached hydrogen (secondary N) is 1. The van der Waals surface area contributed by atoms with E-state index in [1.165, 1.54) is 56.9 Å². The van der Waals surface area contributed by atoms with E-state index in [0.717, 1.165) is 11.6 Å². The molecule has 114 valence electrons. The van der Waals surface area contributed by atoms with E-state index in [1.807, 2.05) is 12.1 Å². The van der Waals surface area contributed by atoms with Crippen LogP contribution in [-0.2, 0) is 0 Å². The van der Waals surface area contributed by atoms with Crippen LogP contribution in [0.3, 0.4) is 0 Å². The third-order valence-corrected chi connectivity index (χ3v) is 4.17. The van der Waals surface area contributed by atoms with Gasteiger partial charge in [0.2, 0.25) is 0 Å². The van der Waals surface area contributed by atoms with E-state index in [0.29, 0.717) is 6.04 Å². The molecule has 1 aromatic carbocycles. The lowest BCUT2D eigenvalue weighted by atomic mass is 9.99. The van der Waals surface area contributed by atoms with Crippen LogP contribution in [0, 0.1) is 0 Å². The smallest absolute Gasteiger partial charge is 0.0453 e. The fourth-order valence-corrected chi connectivity index (χ4v) is 2.94. The van der Waals surface area contributed by atoms with Crippen LogP contribution in [0.4, 0.5) is 0 Å². The van der Waals surface area contributed by atoms with Crippen molar-refractivity contribution in [2.24, 2.45) is 0 Å². The quantitative estimate of drug-likeness (QED) is 0.484. The molecule has 1 unspecified atom stereocenters. The van der Waals surface area contributed by atoms with Gasteiger partial charge in [-0.1, -0.05) is 88.6 Å². The summed E-state index contributed by atoms with van der Waals surface area (Å²) in [4.78, 5) is 0. The van der Waals surface area contributed by atoms with Crippen molar-refractivity contribution in [2.75, 3.05) is 6.54 Å². The second-order valence-electron chi connectivity index (χ2n) is 5.54. The number of unbranched alkanes of at least 4 members (excludes halogenated alkanes) is 6. The summed E-state index contributed by atoms with van der Waals surface area (Å²) in [5.41, 5.74) is 1.25. The number of halogens is 1. The molecular formula is C18H30ClN. The van der Waals surface area contributed by atoms with Gasteiger partial charge >= 0.3 is 0 Å². The minimum absolute atomic E-state index is 0.407. The molecule has 0 radical (unpaired) electrons. The van der Waals surface area contributed by atoms with E-state index in [2.05, 4.69) is 31.3 Å². The minimum atomic E-state index is 0.407. The molecule has 0 aliphatic heterocycles. The first kappa shape index (κ1) is 17.5. The Kier molecular flexibility index (Phi) is 9.78. The Morgan fingerprint density at radius 1 is 0.950 bits per heavy atom. The van der Waals surface area contributed by atoms with Gasteiger partial charge in [0.05, 0.1) is 0 Å². The van der Waals surface area contributed by atoms with Gasteiger partial charge in [-0.3, -0.25) is 0 Å². The van der Waals surface area contributed by atoms with E-state index < -0.39 is 0 Å². The normalized spacial score (nSPS) is 12.6. The van der Waals surface area contributed by atoms with Crippen molar-refractivity contribution in [3.05, 3.63) is 34.9 Å². The summed E-state index contributed by atoms with van der Waals surface area (Å²) in [6, 6.07) is 8.63. The van der Waals surface area contributed by atoms with Crippen molar-refractivity contribution in [2.45, 2.75) is 71.3 Å². The Bertz CT molecular complexity index is 351. The Balaban J connectivity index is 2.31. The van der Waals surface area contributed by atoms with Gasteiger partial charge in [-0.15, -0.1) is 0 Å². The topological polar surface area (TPSA) is 12.0 Å². The summed E-state index contributed by atoms with van der Waals surface area (Å²) >= 11 is 6.31. The van der Waals surface area contributed by atoms with Crippen molar-refractivity contribution >= 4 is 11.6 Å². The van der Waals surface area contributed by atoms with Gasteiger partial charge in [0.1, 0.15) is 0 Å². The fraction of sp³-hybridized carbons (Fsp3) is 0.667. The zero-order valence-corrected chi connectivity index (χ0v) is 13.9. The van der Waals surface area contributed by atoms with Gasteiger partial charge in [-0.2, -0.15) is 0 Å². The third-order valence-electron chi connectivity index (χ3n) is 3.83. The highest BCUT2D eigenvalue weighted by molar-refractivity contribution is 6.31. The SMILES string of the molecule is CCCCCCCCCC(NCC)c1ccccc1Cl. The molecule has 1 N–H and O–H groups in total. The molecule has 0 aliphatic rings. The lowest BCUT2D eigenvalue weighted by Crippen LogP contribution is -2.21. The highest BCUT2D eigenvalue weighted by Crippen LogP contribution is 2.26. The van der Waals surface area contributed by atoms with Crippen molar-refractivity contribution in [3.8, 4) is 0 Å². The zero-order valence-electron chi connectivity index (χ0n) is 13.1. The molecule has 0 aliphatic carbocycles.